The number of nitrogens with zero attached hydrogens (tertiary/aromatic N) is 1. The fraction of sp³-hybridized carbons (Fsp3) is 0.200. The minimum atomic E-state index is -0.00679. The maximum absolute atomic E-state index is 11.7. The molecule has 0 unspecified atom stereocenters. The van der Waals surface area contributed by atoms with E-state index in [4.69, 9.17) is 11.6 Å². The Morgan fingerprint density at radius 3 is 2.63 bits per heavy atom. The quantitative estimate of drug-likeness (QED) is 0.911. The molecule has 1 heterocycles. The largest absolute Gasteiger partial charge is 0.355 e. The van der Waals surface area contributed by atoms with Gasteiger partial charge in [-0.05, 0) is 36.2 Å². The number of benzene rings is 1. The molecular formula is C15H15ClN2O. The Balaban J connectivity index is 1.74. The normalized spacial score (nSPS) is 10.2. The zero-order chi connectivity index (χ0) is 13.5. The number of nitrogens with one attached hydrogen (secondary N) is 1. The Hall–Kier alpha value is -1.87. The van der Waals surface area contributed by atoms with E-state index in [1.807, 2.05) is 42.5 Å². The van der Waals surface area contributed by atoms with Crippen molar-refractivity contribution in [2.24, 2.45) is 0 Å². The van der Waals surface area contributed by atoms with Gasteiger partial charge in [-0.3, -0.25) is 9.78 Å². The molecule has 19 heavy (non-hydrogen) atoms. The number of amides is 1. The monoisotopic (exact) mass is 274 g/mol. The third kappa shape index (κ3) is 4.72. The molecule has 0 aliphatic rings. The van der Waals surface area contributed by atoms with E-state index in [9.17, 15) is 4.79 Å². The molecule has 0 radical (unpaired) electrons. The summed E-state index contributed by atoms with van der Waals surface area (Å²) >= 11 is 5.81. The number of carbonyl (C=O) groups is 1. The van der Waals surface area contributed by atoms with Crippen LogP contribution >= 0.6 is 11.6 Å². The number of pyridine rings is 1. The van der Waals surface area contributed by atoms with Crippen molar-refractivity contribution in [1.82, 2.24) is 10.3 Å². The van der Waals surface area contributed by atoms with E-state index in [2.05, 4.69) is 10.3 Å². The van der Waals surface area contributed by atoms with Crippen LogP contribution in [-0.4, -0.2) is 17.4 Å². The van der Waals surface area contributed by atoms with Crippen LogP contribution in [0.5, 0.6) is 0 Å². The van der Waals surface area contributed by atoms with E-state index in [1.165, 1.54) is 0 Å². The molecule has 0 saturated carbocycles. The van der Waals surface area contributed by atoms with Crippen LogP contribution in [0.25, 0.3) is 0 Å². The molecule has 0 atom stereocenters. The molecule has 0 spiro atoms. The number of carbonyl (C=O) groups excluding carboxylic acids is 1. The lowest BCUT2D eigenvalue weighted by molar-refractivity contribution is -0.120. The molecule has 0 fully saturated rings. The molecule has 0 bridgehead atoms. The molecule has 1 aromatic heterocycles. The molecule has 3 nitrogen and oxygen atoms in total. The molecular weight excluding hydrogens is 260 g/mol. The standard InChI is InChI=1S/C15H15ClN2O/c16-13-6-4-12(5-7-13)8-10-18-15(19)11-14-3-1-2-9-17-14/h1-7,9H,8,10-11H2,(H,18,19). The average molecular weight is 275 g/mol. The molecule has 0 aliphatic carbocycles. The number of aromatic nitrogens is 1. The predicted molar refractivity (Wildman–Crippen MR) is 76.1 cm³/mol. The average Bonchev–Trinajstić information content (AvgIpc) is 2.42. The lowest BCUT2D eigenvalue weighted by Gasteiger charge is -2.05. The third-order valence-electron chi connectivity index (χ3n) is 2.72. The second-order valence-corrected chi connectivity index (χ2v) is 4.66. The van der Waals surface area contributed by atoms with Gasteiger partial charge in [-0.1, -0.05) is 29.8 Å². The topological polar surface area (TPSA) is 42.0 Å². The highest BCUT2D eigenvalue weighted by Gasteiger charge is 2.03. The third-order valence-corrected chi connectivity index (χ3v) is 2.97. The lowest BCUT2D eigenvalue weighted by Crippen LogP contribution is -2.27. The highest BCUT2D eigenvalue weighted by atomic mass is 35.5. The second-order valence-electron chi connectivity index (χ2n) is 4.22. The molecule has 2 rings (SSSR count). The summed E-state index contributed by atoms with van der Waals surface area (Å²) in [6.07, 6.45) is 2.81. The molecule has 98 valence electrons. The first-order chi connectivity index (χ1) is 9.24. The summed E-state index contributed by atoms with van der Waals surface area (Å²) < 4.78 is 0. The van der Waals surface area contributed by atoms with Crippen molar-refractivity contribution < 1.29 is 4.79 Å². The summed E-state index contributed by atoms with van der Waals surface area (Å²) in [7, 11) is 0. The Kier molecular flexibility index (Phi) is 4.93. The fourth-order valence-corrected chi connectivity index (χ4v) is 1.85. The number of rotatable bonds is 5. The highest BCUT2D eigenvalue weighted by molar-refractivity contribution is 6.30. The lowest BCUT2D eigenvalue weighted by atomic mass is 10.1. The van der Waals surface area contributed by atoms with Gasteiger partial charge in [-0.25, -0.2) is 0 Å². The smallest absolute Gasteiger partial charge is 0.226 e. The van der Waals surface area contributed by atoms with Crippen LogP contribution in [0.4, 0.5) is 0 Å². The van der Waals surface area contributed by atoms with Crippen LogP contribution < -0.4 is 5.32 Å². The van der Waals surface area contributed by atoms with Gasteiger partial charge in [0.25, 0.3) is 0 Å². The summed E-state index contributed by atoms with van der Waals surface area (Å²) in [6, 6.07) is 13.2. The van der Waals surface area contributed by atoms with Crippen molar-refractivity contribution in [2.75, 3.05) is 6.54 Å². The van der Waals surface area contributed by atoms with Crippen molar-refractivity contribution in [3.05, 3.63) is 64.9 Å². The van der Waals surface area contributed by atoms with Gasteiger partial charge < -0.3 is 5.32 Å². The van der Waals surface area contributed by atoms with Gasteiger partial charge in [-0.2, -0.15) is 0 Å². The summed E-state index contributed by atoms with van der Waals surface area (Å²) in [4.78, 5) is 15.8. The zero-order valence-electron chi connectivity index (χ0n) is 10.5. The van der Waals surface area contributed by atoms with E-state index >= 15 is 0 Å². The predicted octanol–water partition coefficient (Wildman–Crippen LogP) is 2.64. The fourth-order valence-electron chi connectivity index (χ4n) is 1.73. The van der Waals surface area contributed by atoms with E-state index < -0.39 is 0 Å². The van der Waals surface area contributed by atoms with Crippen LogP contribution in [-0.2, 0) is 17.6 Å². The second kappa shape index (κ2) is 6.90. The zero-order valence-corrected chi connectivity index (χ0v) is 11.2. The van der Waals surface area contributed by atoms with Gasteiger partial charge in [-0.15, -0.1) is 0 Å². The van der Waals surface area contributed by atoms with Crippen LogP contribution in [0.2, 0.25) is 5.02 Å². The SMILES string of the molecule is O=C(Cc1ccccn1)NCCc1ccc(Cl)cc1. The van der Waals surface area contributed by atoms with Crippen molar-refractivity contribution in [3.63, 3.8) is 0 Å². The Bertz CT molecular complexity index is 526. The first-order valence-corrected chi connectivity index (χ1v) is 6.53. The van der Waals surface area contributed by atoms with Crippen LogP contribution in [0, 0.1) is 0 Å². The van der Waals surface area contributed by atoms with Crippen molar-refractivity contribution in [1.29, 1.82) is 0 Å². The number of hydrogen-bond donors (Lipinski definition) is 1. The van der Waals surface area contributed by atoms with Gasteiger partial charge in [0, 0.05) is 23.5 Å². The maximum atomic E-state index is 11.7. The van der Waals surface area contributed by atoms with Gasteiger partial charge in [0.05, 0.1) is 6.42 Å². The Morgan fingerprint density at radius 2 is 1.95 bits per heavy atom. The van der Waals surface area contributed by atoms with Gasteiger partial charge in [0.2, 0.25) is 5.91 Å². The molecule has 0 aliphatic heterocycles. The van der Waals surface area contributed by atoms with Crippen LogP contribution in [0.15, 0.2) is 48.7 Å². The summed E-state index contributed by atoms with van der Waals surface area (Å²) in [6.45, 7) is 0.618. The molecule has 1 aromatic carbocycles. The minimum absolute atomic E-state index is 0.00679. The Morgan fingerprint density at radius 1 is 1.16 bits per heavy atom. The van der Waals surface area contributed by atoms with Crippen LogP contribution in [0.3, 0.4) is 0 Å². The van der Waals surface area contributed by atoms with E-state index in [0.29, 0.717) is 13.0 Å². The first-order valence-electron chi connectivity index (χ1n) is 6.15. The highest BCUT2D eigenvalue weighted by Crippen LogP contribution is 2.09. The number of halogens is 1. The Labute approximate surface area is 117 Å². The van der Waals surface area contributed by atoms with Gasteiger partial charge in [0.15, 0.2) is 0 Å². The summed E-state index contributed by atoms with van der Waals surface area (Å²) in [5.74, 6) is -0.00679. The molecule has 1 N–H and O–H groups in total. The van der Waals surface area contributed by atoms with Crippen molar-refractivity contribution in [3.8, 4) is 0 Å². The van der Waals surface area contributed by atoms with E-state index in [1.54, 1.807) is 6.20 Å². The van der Waals surface area contributed by atoms with Crippen molar-refractivity contribution in [2.45, 2.75) is 12.8 Å². The molecule has 0 saturated heterocycles. The van der Waals surface area contributed by atoms with Gasteiger partial charge >= 0.3 is 0 Å². The molecule has 1 amide bonds. The molecule has 2 aromatic rings. The van der Waals surface area contributed by atoms with Crippen molar-refractivity contribution >= 4 is 17.5 Å². The van der Waals surface area contributed by atoms with E-state index in [-0.39, 0.29) is 5.91 Å². The van der Waals surface area contributed by atoms with Crippen LogP contribution in [0.1, 0.15) is 11.3 Å². The first kappa shape index (κ1) is 13.6. The summed E-state index contributed by atoms with van der Waals surface area (Å²) in [5, 5.41) is 3.61. The summed E-state index contributed by atoms with van der Waals surface area (Å²) in [5.41, 5.74) is 1.94. The van der Waals surface area contributed by atoms with E-state index in [0.717, 1.165) is 22.7 Å². The van der Waals surface area contributed by atoms with Gasteiger partial charge in [0.1, 0.15) is 0 Å². The number of hydrogen-bond acceptors (Lipinski definition) is 2. The molecule has 4 heteroatoms. The minimum Gasteiger partial charge on any atom is -0.355 e. The maximum Gasteiger partial charge on any atom is 0.226 e.